The van der Waals surface area contributed by atoms with Crippen molar-refractivity contribution >= 4 is 10.8 Å². The summed E-state index contributed by atoms with van der Waals surface area (Å²) in [6, 6.07) is 9.95. The third kappa shape index (κ3) is 1.49. The molecule has 0 saturated carbocycles. The second-order valence-electron chi connectivity index (χ2n) is 3.34. The van der Waals surface area contributed by atoms with Crippen LogP contribution >= 0.6 is 0 Å². The molecule has 1 N–H and O–H groups in total. The standard InChI is InChI=1S/C12H13NO/c1-2-11(14)12-10-6-4-3-5-9(10)7-8-13-12/h3-8,11,14H,2H2,1H3/t11-/m1/s1. The number of rotatable bonds is 2. The topological polar surface area (TPSA) is 33.1 Å². The van der Waals surface area contributed by atoms with Crippen LogP contribution in [0, 0.1) is 0 Å². The van der Waals surface area contributed by atoms with Crippen LogP contribution in [0.15, 0.2) is 36.5 Å². The zero-order valence-corrected chi connectivity index (χ0v) is 8.14. The molecule has 2 heteroatoms. The van der Waals surface area contributed by atoms with Gasteiger partial charge in [0.2, 0.25) is 0 Å². The van der Waals surface area contributed by atoms with Crippen molar-refractivity contribution in [3.63, 3.8) is 0 Å². The van der Waals surface area contributed by atoms with E-state index in [0.29, 0.717) is 6.42 Å². The van der Waals surface area contributed by atoms with E-state index in [0.717, 1.165) is 16.5 Å². The summed E-state index contributed by atoms with van der Waals surface area (Å²) in [5.41, 5.74) is 0.783. The number of benzene rings is 1. The number of aliphatic hydroxyl groups excluding tert-OH is 1. The van der Waals surface area contributed by atoms with Crippen molar-refractivity contribution in [2.75, 3.05) is 0 Å². The quantitative estimate of drug-likeness (QED) is 0.784. The lowest BCUT2D eigenvalue weighted by Gasteiger charge is -2.09. The Morgan fingerprint density at radius 3 is 2.86 bits per heavy atom. The normalized spacial score (nSPS) is 13.0. The number of aliphatic hydroxyl groups is 1. The van der Waals surface area contributed by atoms with Gasteiger partial charge in [-0.25, -0.2) is 0 Å². The van der Waals surface area contributed by atoms with E-state index in [9.17, 15) is 5.11 Å². The molecule has 2 nitrogen and oxygen atoms in total. The Balaban J connectivity index is 2.65. The van der Waals surface area contributed by atoms with Crippen molar-refractivity contribution in [3.05, 3.63) is 42.2 Å². The Morgan fingerprint density at radius 1 is 1.29 bits per heavy atom. The Morgan fingerprint density at radius 2 is 2.07 bits per heavy atom. The van der Waals surface area contributed by atoms with Gasteiger partial charge in [-0.1, -0.05) is 31.2 Å². The summed E-state index contributed by atoms with van der Waals surface area (Å²) < 4.78 is 0. The van der Waals surface area contributed by atoms with Gasteiger partial charge in [-0.15, -0.1) is 0 Å². The van der Waals surface area contributed by atoms with Gasteiger partial charge in [0, 0.05) is 11.6 Å². The van der Waals surface area contributed by atoms with Crippen molar-refractivity contribution in [2.24, 2.45) is 0 Å². The van der Waals surface area contributed by atoms with E-state index < -0.39 is 6.10 Å². The number of fused-ring (bicyclic) bond motifs is 1. The van der Waals surface area contributed by atoms with E-state index in [2.05, 4.69) is 4.98 Å². The second kappa shape index (κ2) is 3.76. The molecule has 0 bridgehead atoms. The van der Waals surface area contributed by atoms with Gasteiger partial charge < -0.3 is 5.11 Å². The van der Waals surface area contributed by atoms with E-state index in [-0.39, 0.29) is 0 Å². The molecule has 2 aromatic rings. The third-order valence-electron chi connectivity index (χ3n) is 2.41. The van der Waals surface area contributed by atoms with Gasteiger partial charge in [-0.3, -0.25) is 4.98 Å². The molecule has 0 aliphatic rings. The summed E-state index contributed by atoms with van der Waals surface area (Å²) >= 11 is 0. The predicted molar refractivity (Wildman–Crippen MR) is 57.0 cm³/mol. The minimum atomic E-state index is -0.457. The minimum absolute atomic E-state index is 0.457. The van der Waals surface area contributed by atoms with Crippen LogP contribution in [-0.2, 0) is 0 Å². The molecule has 0 radical (unpaired) electrons. The first kappa shape index (κ1) is 9.16. The molecule has 0 aliphatic heterocycles. The van der Waals surface area contributed by atoms with Gasteiger partial charge in [-0.05, 0) is 17.9 Å². The smallest absolute Gasteiger partial charge is 0.0963 e. The molecular weight excluding hydrogens is 174 g/mol. The van der Waals surface area contributed by atoms with Gasteiger partial charge in [0.25, 0.3) is 0 Å². The van der Waals surface area contributed by atoms with Gasteiger partial charge in [-0.2, -0.15) is 0 Å². The highest BCUT2D eigenvalue weighted by molar-refractivity contribution is 5.84. The Kier molecular flexibility index (Phi) is 2.46. The first-order valence-corrected chi connectivity index (χ1v) is 4.84. The van der Waals surface area contributed by atoms with Crippen molar-refractivity contribution in [2.45, 2.75) is 19.4 Å². The number of nitrogens with zero attached hydrogens (tertiary/aromatic N) is 1. The maximum atomic E-state index is 9.76. The lowest BCUT2D eigenvalue weighted by molar-refractivity contribution is 0.170. The number of hydrogen-bond donors (Lipinski definition) is 1. The van der Waals surface area contributed by atoms with E-state index in [1.165, 1.54) is 0 Å². The summed E-state index contributed by atoms with van der Waals surface area (Å²) in [6.45, 7) is 1.95. The molecule has 1 aromatic heterocycles. The molecule has 72 valence electrons. The lowest BCUT2D eigenvalue weighted by Crippen LogP contribution is -1.99. The van der Waals surface area contributed by atoms with E-state index >= 15 is 0 Å². The summed E-state index contributed by atoms with van der Waals surface area (Å²) in [6.07, 6.45) is 1.98. The fourth-order valence-corrected chi connectivity index (χ4v) is 1.60. The van der Waals surface area contributed by atoms with Crippen LogP contribution in [0.2, 0.25) is 0 Å². The average molecular weight is 187 g/mol. The Hall–Kier alpha value is -1.41. The summed E-state index contributed by atoms with van der Waals surface area (Å²) in [4.78, 5) is 4.23. The van der Waals surface area contributed by atoms with Gasteiger partial charge in [0.1, 0.15) is 0 Å². The largest absolute Gasteiger partial charge is 0.387 e. The molecular formula is C12H13NO. The van der Waals surface area contributed by atoms with Crippen molar-refractivity contribution in [1.82, 2.24) is 4.98 Å². The average Bonchev–Trinajstić information content (AvgIpc) is 2.27. The van der Waals surface area contributed by atoms with Crippen LogP contribution in [0.25, 0.3) is 10.8 Å². The number of pyridine rings is 1. The maximum absolute atomic E-state index is 9.76. The molecule has 0 unspecified atom stereocenters. The van der Waals surface area contributed by atoms with Crippen LogP contribution in [-0.4, -0.2) is 10.1 Å². The summed E-state index contributed by atoms with van der Waals surface area (Å²) in [5, 5.41) is 11.9. The molecule has 1 aromatic carbocycles. The number of aromatic nitrogens is 1. The molecule has 0 amide bonds. The highest BCUT2D eigenvalue weighted by Gasteiger charge is 2.09. The zero-order chi connectivity index (χ0) is 9.97. The third-order valence-corrected chi connectivity index (χ3v) is 2.41. The second-order valence-corrected chi connectivity index (χ2v) is 3.34. The molecule has 1 heterocycles. The highest BCUT2D eigenvalue weighted by atomic mass is 16.3. The van der Waals surface area contributed by atoms with Crippen LogP contribution in [0.3, 0.4) is 0 Å². The predicted octanol–water partition coefficient (Wildman–Crippen LogP) is 2.68. The molecule has 0 spiro atoms. The van der Waals surface area contributed by atoms with Gasteiger partial charge in [0.05, 0.1) is 11.8 Å². The zero-order valence-electron chi connectivity index (χ0n) is 8.14. The minimum Gasteiger partial charge on any atom is -0.387 e. The molecule has 14 heavy (non-hydrogen) atoms. The lowest BCUT2D eigenvalue weighted by atomic mass is 10.1. The van der Waals surface area contributed by atoms with Crippen LogP contribution in [0.1, 0.15) is 25.1 Å². The molecule has 0 saturated heterocycles. The summed E-state index contributed by atoms with van der Waals surface area (Å²) in [5.74, 6) is 0. The van der Waals surface area contributed by atoms with E-state index in [4.69, 9.17) is 0 Å². The maximum Gasteiger partial charge on any atom is 0.0963 e. The van der Waals surface area contributed by atoms with Crippen molar-refractivity contribution < 1.29 is 5.11 Å². The summed E-state index contributed by atoms with van der Waals surface area (Å²) in [7, 11) is 0. The Labute approximate surface area is 83.2 Å². The fraction of sp³-hybridized carbons (Fsp3) is 0.250. The van der Waals surface area contributed by atoms with Gasteiger partial charge >= 0.3 is 0 Å². The molecule has 1 atom stereocenters. The first-order chi connectivity index (χ1) is 6.83. The van der Waals surface area contributed by atoms with E-state index in [1.807, 2.05) is 37.3 Å². The Bertz CT molecular complexity index is 434. The SMILES string of the molecule is CC[C@@H](O)c1nccc2ccccc12. The van der Waals surface area contributed by atoms with E-state index in [1.54, 1.807) is 6.20 Å². The molecule has 0 fully saturated rings. The highest BCUT2D eigenvalue weighted by Crippen LogP contribution is 2.23. The van der Waals surface area contributed by atoms with Crippen LogP contribution in [0.4, 0.5) is 0 Å². The van der Waals surface area contributed by atoms with Crippen LogP contribution < -0.4 is 0 Å². The van der Waals surface area contributed by atoms with Crippen molar-refractivity contribution in [1.29, 1.82) is 0 Å². The first-order valence-electron chi connectivity index (χ1n) is 4.84. The fourth-order valence-electron chi connectivity index (χ4n) is 1.60. The van der Waals surface area contributed by atoms with Gasteiger partial charge in [0.15, 0.2) is 0 Å². The monoisotopic (exact) mass is 187 g/mol. The van der Waals surface area contributed by atoms with Crippen molar-refractivity contribution in [3.8, 4) is 0 Å². The molecule has 2 rings (SSSR count). The van der Waals surface area contributed by atoms with Crippen LogP contribution in [0.5, 0.6) is 0 Å². The molecule has 0 aliphatic carbocycles. The number of hydrogen-bond acceptors (Lipinski definition) is 2.